The maximum atomic E-state index is 13.3. The van der Waals surface area contributed by atoms with Crippen LogP contribution in [0.2, 0.25) is 0 Å². The quantitative estimate of drug-likeness (QED) is 0.609. The van der Waals surface area contributed by atoms with Crippen molar-refractivity contribution in [3.8, 4) is 0 Å². The Morgan fingerprint density at radius 1 is 0.816 bits per heavy atom. The smallest absolute Gasteiger partial charge is 0.300 e. The van der Waals surface area contributed by atoms with Gasteiger partial charge in [-0.2, -0.15) is 0 Å². The van der Waals surface area contributed by atoms with E-state index in [1.807, 2.05) is 12.1 Å². The molecule has 3 aliphatic rings. The maximum absolute atomic E-state index is 13.3. The van der Waals surface area contributed by atoms with E-state index in [2.05, 4.69) is 65.1 Å². The number of carboxylic acid groups (broad SMARTS) is 2. The van der Waals surface area contributed by atoms with Crippen molar-refractivity contribution < 1.29 is 24.6 Å². The fourth-order valence-corrected chi connectivity index (χ4v) is 5.96. The normalized spacial score (nSPS) is 22.5. The number of nitrogens with zero attached hydrogens (tertiary/aromatic N) is 3. The number of amides is 1. The number of carbonyl (C=O) groups is 3. The molecule has 0 spiro atoms. The molecule has 3 aliphatic heterocycles. The average molecular weight is 524 g/mol. The fraction of sp³-hybridized carbons (Fsp3) is 0.500. The van der Waals surface area contributed by atoms with Gasteiger partial charge in [0.05, 0.1) is 0 Å². The molecule has 8 nitrogen and oxygen atoms in total. The van der Waals surface area contributed by atoms with Gasteiger partial charge >= 0.3 is 0 Å². The van der Waals surface area contributed by atoms with Gasteiger partial charge in [-0.05, 0) is 74.5 Å². The first-order chi connectivity index (χ1) is 18.1. The molecule has 0 aromatic heterocycles. The van der Waals surface area contributed by atoms with Crippen LogP contribution in [0.3, 0.4) is 0 Å². The molecule has 2 aromatic carbocycles. The predicted molar refractivity (Wildman–Crippen MR) is 149 cm³/mol. The van der Waals surface area contributed by atoms with Gasteiger partial charge in [-0.25, -0.2) is 0 Å². The minimum atomic E-state index is -0.833. The molecule has 0 saturated carbocycles. The van der Waals surface area contributed by atoms with Crippen LogP contribution in [0, 0.1) is 18.8 Å². The van der Waals surface area contributed by atoms with Crippen molar-refractivity contribution in [2.75, 3.05) is 44.7 Å². The van der Waals surface area contributed by atoms with Gasteiger partial charge in [0.15, 0.2) is 0 Å². The highest BCUT2D eigenvalue weighted by Gasteiger charge is 2.47. The summed E-state index contributed by atoms with van der Waals surface area (Å²) in [7, 11) is 2.24. The molecular formula is C30H41N3O5. The van der Waals surface area contributed by atoms with Crippen LogP contribution in [0.5, 0.6) is 0 Å². The predicted octanol–water partition coefficient (Wildman–Crippen LogP) is 4.54. The van der Waals surface area contributed by atoms with E-state index < -0.39 is 11.9 Å². The van der Waals surface area contributed by atoms with Crippen LogP contribution < -0.4 is 4.90 Å². The zero-order chi connectivity index (χ0) is 27.8. The van der Waals surface area contributed by atoms with E-state index in [4.69, 9.17) is 19.8 Å². The first-order valence-electron chi connectivity index (χ1n) is 13.4. The number of rotatable bonds is 3. The number of benzene rings is 2. The van der Waals surface area contributed by atoms with E-state index >= 15 is 0 Å². The molecule has 3 atom stereocenters. The molecule has 8 heteroatoms. The molecule has 206 valence electrons. The Labute approximate surface area is 225 Å². The summed E-state index contributed by atoms with van der Waals surface area (Å²) in [6.45, 7) is 9.46. The van der Waals surface area contributed by atoms with Crippen molar-refractivity contribution in [3.05, 3.63) is 65.2 Å². The molecule has 2 N–H and O–H groups in total. The first kappa shape index (κ1) is 29.2. The van der Waals surface area contributed by atoms with Gasteiger partial charge in [0.2, 0.25) is 0 Å². The van der Waals surface area contributed by atoms with Gasteiger partial charge in [-0.1, -0.05) is 24.3 Å². The Hall–Kier alpha value is -3.39. The summed E-state index contributed by atoms with van der Waals surface area (Å²) >= 11 is 0. The number of carbonyl (C=O) groups excluding carboxylic acids is 1. The molecule has 38 heavy (non-hydrogen) atoms. The molecule has 0 bridgehead atoms. The minimum Gasteiger partial charge on any atom is -0.481 e. The number of anilines is 1. The zero-order valence-corrected chi connectivity index (χ0v) is 23.0. The third kappa shape index (κ3) is 7.57. The summed E-state index contributed by atoms with van der Waals surface area (Å²) in [4.78, 5) is 38.3. The van der Waals surface area contributed by atoms with Crippen LogP contribution in [0.1, 0.15) is 60.6 Å². The van der Waals surface area contributed by atoms with Crippen LogP contribution >= 0.6 is 0 Å². The number of carboxylic acids is 2. The molecule has 2 aromatic rings. The highest BCUT2D eigenvalue weighted by atomic mass is 16.4. The van der Waals surface area contributed by atoms with Gasteiger partial charge in [0, 0.05) is 69.8 Å². The minimum absolute atomic E-state index is 0.195. The first-order valence-corrected chi connectivity index (χ1v) is 13.4. The van der Waals surface area contributed by atoms with Crippen molar-refractivity contribution in [1.82, 2.24) is 9.80 Å². The van der Waals surface area contributed by atoms with E-state index in [1.54, 1.807) is 0 Å². The van der Waals surface area contributed by atoms with Crippen molar-refractivity contribution in [2.45, 2.75) is 46.1 Å². The van der Waals surface area contributed by atoms with Gasteiger partial charge in [-0.15, -0.1) is 0 Å². The van der Waals surface area contributed by atoms with E-state index in [-0.39, 0.29) is 5.91 Å². The standard InChI is InChI=1S/C26H33N3O.2C2H4O2/c1-19-8-4-5-9-23(19)25-24-18-29(17-21(24)16-27(25)2)26(30)20-10-12-22(13-11-20)28-14-6-3-7-15-28;2*1-2(3)4/h4-5,8-13,21,24-25H,3,6-7,14-18H2,1-2H3;2*1H3,(H,3,4)/t21-,24+,25-;;/m0../s1. The highest BCUT2D eigenvalue weighted by molar-refractivity contribution is 5.94. The van der Waals surface area contributed by atoms with Crippen LogP contribution in [0.4, 0.5) is 5.69 Å². The average Bonchev–Trinajstić information content (AvgIpc) is 3.41. The van der Waals surface area contributed by atoms with E-state index in [9.17, 15) is 4.79 Å². The third-order valence-corrected chi connectivity index (χ3v) is 7.52. The largest absolute Gasteiger partial charge is 0.481 e. The summed E-state index contributed by atoms with van der Waals surface area (Å²) in [6.07, 6.45) is 3.88. The van der Waals surface area contributed by atoms with E-state index in [0.29, 0.717) is 17.9 Å². The summed E-state index contributed by atoms with van der Waals surface area (Å²) in [5, 5.41) is 14.8. The molecule has 0 unspecified atom stereocenters. The second-order valence-corrected chi connectivity index (χ2v) is 10.5. The van der Waals surface area contributed by atoms with E-state index in [1.165, 1.54) is 36.1 Å². The number of fused-ring (bicyclic) bond motifs is 1. The lowest BCUT2D eigenvalue weighted by Gasteiger charge is -2.29. The number of hydrogen-bond donors (Lipinski definition) is 2. The van der Waals surface area contributed by atoms with Crippen molar-refractivity contribution in [3.63, 3.8) is 0 Å². The molecule has 3 heterocycles. The summed E-state index contributed by atoms with van der Waals surface area (Å²) in [5.41, 5.74) is 4.86. The Kier molecular flexibility index (Phi) is 10.3. The lowest BCUT2D eigenvalue weighted by molar-refractivity contribution is -0.135. The molecule has 3 saturated heterocycles. The molecular weight excluding hydrogens is 482 g/mol. The maximum Gasteiger partial charge on any atom is 0.300 e. The summed E-state index contributed by atoms with van der Waals surface area (Å²) < 4.78 is 0. The highest BCUT2D eigenvalue weighted by Crippen LogP contribution is 2.45. The molecule has 0 radical (unpaired) electrons. The fourth-order valence-electron chi connectivity index (χ4n) is 5.96. The second kappa shape index (κ2) is 13.4. The number of likely N-dealkylation sites (tertiary alicyclic amines) is 2. The number of hydrogen-bond acceptors (Lipinski definition) is 5. The van der Waals surface area contributed by atoms with Crippen LogP contribution in [0.15, 0.2) is 48.5 Å². The number of piperidine rings is 1. The summed E-state index contributed by atoms with van der Waals surface area (Å²) in [6, 6.07) is 17.5. The molecule has 0 aliphatic carbocycles. The van der Waals surface area contributed by atoms with Gasteiger partial charge in [-0.3, -0.25) is 19.3 Å². The Balaban J connectivity index is 0.000000443. The second-order valence-electron chi connectivity index (χ2n) is 10.5. The molecule has 3 fully saturated rings. The lowest BCUT2D eigenvalue weighted by Crippen LogP contribution is -2.33. The van der Waals surface area contributed by atoms with Gasteiger partial charge in [0.25, 0.3) is 17.8 Å². The van der Waals surface area contributed by atoms with Crippen molar-refractivity contribution >= 4 is 23.5 Å². The Morgan fingerprint density at radius 3 is 1.97 bits per heavy atom. The lowest BCUT2D eigenvalue weighted by atomic mass is 9.88. The Morgan fingerprint density at radius 2 is 1.39 bits per heavy atom. The topological polar surface area (TPSA) is 101 Å². The summed E-state index contributed by atoms with van der Waals surface area (Å²) in [5.74, 6) is -0.385. The zero-order valence-electron chi connectivity index (χ0n) is 23.0. The van der Waals surface area contributed by atoms with Crippen LogP contribution in [-0.2, 0) is 9.59 Å². The SMILES string of the molecule is CC(=O)O.CC(=O)O.Cc1ccccc1[C@H]1[C@@H]2CN(C(=O)c3ccc(N4CCCCC4)cc3)C[C@@H]2CN1C. The van der Waals surface area contributed by atoms with Gasteiger partial charge in [0.1, 0.15) is 0 Å². The number of aryl methyl sites for hydroxylation is 1. The van der Waals surface area contributed by atoms with Crippen LogP contribution in [-0.4, -0.2) is 77.6 Å². The molecule has 5 rings (SSSR count). The van der Waals surface area contributed by atoms with Crippen molar-refractivity contribution in [1.29, 1.82) is 0 Å². The van der Waals surface area contributed by atoms with Crippen molar-refractivity contribution in [2.24, 2.45) is 11.8 Å². The third-order valence-electron chi connectivity index (χ3n) is 7.52. The van der Waals surface area contributed by atoms with E-state index in [0.717, 1.165) is 52.1 Å². The Bertz CT molecular complexity index is 1080. The molecule has 1 amide bonds. The van der Waals surface area contributed by atoms with Crippen LogP contribution in [0.25, 0.3) is 0 Å². The van der Waals surface area contributed by atoms with Gasteiger partial charge < -0.3 is 20.0 Å². The number of aliphatic carboxylic acids is 2. The monoisotopic (exact) mass is 523 g/mol.